The van der Waals surface area contributed by atoms with Crippen molar-refractivity contribution in [3.05, 3.63) is 28.7 Å². The van der Waals surface area contributed by atoms with Crippen molar-refractivity contribution in [1.29, 1.82) is 0 Å². The van der Waals surface area contributed by atoms with Gasteiger partial charge in [-0.15, -0.1) is 0 Å². The minimum atomic E-state index is -3.57. The van der Waals surface area contributed by atoms with Gasteiger partial charge < -0.3 is 5.11 Å². The van der Waals surface area contributed by atoms with Crippen molar-refractivity contribution in [1.82, 2.24) is 4.72 Å². The summed E-state index contributed by atoms with van der Waals surface area (Å²) < 4.78 is 27.6. The van der Waals surface area contributed by atoms with Crippen LogP contribution in [0.15, 0.2) is 33.6 Å². The highest BCUT2D eigenvalue weighted by atomic mass is 79.9. The lowest BCUT2D eigenvalue weighted by molar-refractivity contribution is -0.00182. The lowest BCUT2D eigenvalue weighted by Gasteiger charge is -2.34. The van der Waals surface area contributed by atoms with Crippen LogP contribution in [0.25, 0.3) is 0 Å². The highest BCUT2D eigenvalue weighted by Gasteiger charge is 2.33. The van der Waals surface area contributed by atoms with Crippen LogP contribution in [-0.4, -0.2) is 25.7 Å². The Morgan fingerprint density at radius 2 is 2.05 bits per heavy atom. The molecule has 0 amide bonds. The SMILES string of the molecule is CC1CCC(O)(CNS(=O)(=O)c2cccc(Br)c2)CC1. The normalized spacial score (nSPS) is 27.4. The first-order chi connectivity index (χ1) is 9.31. The molecule has 0 atom stereocenters. The Bertz CT molecular complexity index is 566. The van der Waals surface area contributed by atoms with Crippen molar-refractivity contribution >= 4 is 26.0 Å². The van der Waals surface area contributed by atoms with Crippen molar-refractivity contribution in [3.8, 4) is 0 Å². The van der Waals surface area contributed by atoms with E-state index in [1.165, 1.54) is 0 Å². The van der Waals surface area contributed by atoms with Gasteiger partial charge in [-0.25, -0.2) is 13.1 Å². The van der Waals surface area contributed by atoms with E-state index in [0.29, 0.717) is 23.2 Å². The van der Waals surface area contributed by atoms with Crippen molar-refractivity contribution in [2.45, 2.75) is 43.1 Å². The monoisotopic (exact) mass is 361 g/mol. The van der Waals surface area contributed by atoms with Crippen LogP contribution >= 0.6 is 15.9 Å². The molecule has 112 valence electrons. The molecule has 2 N–H and O–H groups in total. The van der Waals surface area contributed by atoms with Gasteiger partial charge in [0.15, 0.2) is 0 Å². The highest BCUT2D eigenvalue weighted by Crippen LogP contribution is 2.31. The first kappa shape index (κ1) is 15.9. The van der Waals surface area contributed by atoms with Gasteiger partial charge in [-0.05, 0) is 49.8 Å². The van der Waals surface area contributed by atoms with Gasteiger partial charge in [-0.3, -0.25) is 0 Å². The first-order valence-corrected chi connectivity index (χ1v) is 9.06. The lowest BCUT2D eigenvalue weighted by atomic mass is 9.80. The molecule has 1 fully saturated rings. The van der Waals surface area contributed by atoms with Crippen LogP contribution in [-0.2, 0) is 10.0 Å². The quantitative estimate of drug-likeness (QED) is 0.866. The fourth-order valence-electron chi connectivity index (χ4n) is 2.42. The van der Waals surface area contributed by atoms with E-state index in [2.05, 4.69) is 27.6 Å². The summed E-state index contributed by atoms with van der Waals surface area (Å²) in [6, 6.07) is 6.54. The molecule has 1 aromatic carbocycles. The fraction of sp³-hybridized carbons (Fsp3) is 0.571. The summed E-state index contributed by atoms with van der Waals surface area (Å²) >= 11 is 3.26. The Morgan fingerprint density at radius 3 is 2.65 bits per heavy atom. The van der Waals surface area contributed by atoms with Gasteiger partial charge in [0, 0.05) is 11.0 Å². The molecule has 1 aromatic rings. The van der Waals surface area contributed by atoms with Crippen LogP contribution < -0.4 is 4.72 Å². The van der Waals surface area contributed by atoms with Crippen LogP contribution in [0, 0.1) is 5.92 Å². The number of sulfonamides is 1. The minimum Gasteiger partial charge on any atom is -0.389 e. The van der Waals surface area contributed by atoms with Crippen LogP contribution in [0.4, 0.5) is 0 Å². The van der Waals surface area contributed by atoms with E-state index >= 15 is 0 Å². The molecule has 0 aromatic heterocycles. The largest absolute Gasteiger partial charge is 0.389 e. The Hall–Kier alpha value is -0.430. The molecular formula is C14H20BrNO3S. The second-order valence-corrected chi connectivity index (χ2v) is 8.37. The maximum Gasteiger partial charge on any atom is 0.240 e. The summed E-state index contributed by atoms with van der Waals surface area (Å²) in [6.45, 7) is 2.24. The minimum absolute atomic E-state index is 0.0779. The Labute approximate surface area is 128 Å². The second kappa shape index (κ2) is 6.13. The molecule has 1 aliphatic carbocycles. The zero-order valence-corrected chi connectivity index (χ0v) is 13.9. The van der Waals surface area contributed by atoms with E-state index in [4.69, 9.17) is 0 Å². The van der Waals surface area contributed by atoms with Crippen molar-refractivity contribution in [3.63, 3.8) is 0 Å². The molecule has 2 rings (SSSR count). The first-order valence-electron chi connectivity index (χ1n) is 6.78. The molecular weight excluding hydrogens is 342 g/mol. The van der Waals surface area contributed by atoms with Crippen LogP contribution in [0.5, 0.6) is 0 Å². The topological polar surface area (TPSA) is 66.4 Å². The number of rotatable bonds is 4. The standard InChI is InChI=1S/C14H20BrNO3S/c1-11-5-7-14(17,8-6-11)10-16-20(18,19)13-4-2-3-12(15)9-13/h2-4,9,11,16-17H,5-8,10H2,1H3. The zero-order chi connectivity index (χ0) is 14.8. The molecule has 0 aliphatic heterocycles. The van der Waals surface area contributed by atoms with E-state index < -0.39 is 15.6 Å². The predicted molar refractivity (Wildman–Crippen MR) is 81.9 cm³/mol. The molecule has 1 saturated carbocycles. The number of benzene rings is 1. The van der Waals surface area contributed by atoms with E-state index in [1.54, 1.807) is 24.3 Å². The second-order valence-electron chi connectivity index (χ2n) is 5.69. The summed E-state index contributed by atoms with van der Waals surface area (Å²) in [4.78, 5) is 0.208. The molecule has 0 bridgehead atoms. The van der Waals surface area contributed by atoms with Gasteiger partial charge in [0.25, 0.3) is 0 Å². The van der Waals surface area contributed by atoms with E-state index in [9.17, 15) is 13.5 Å². The average Bonchev–Trinajstić information content (AvgIpc) is 2.41. The maximum absolute atomic E-state index is 12.2. The van der Waals surface area contributed by atoms with Gasteiger partial charge in [0.2, 0.25) is 10.0 Å². The Kier molecular flexibility index (Phi) is 4.89. The molecule has 0 heterocycles. The summed E-state index contributed by atoms with van der Waals surface area (Å²) in [5, 5.41) is 10.4. The van der Waals surface area contributed by atoms with Gasteiger partial charge in [-0.1, -0.05) is 28.9 Å². The number of halogens is 1. The summed E-state index contributed by atoms with van der Waals surface area (Å²) in [5.41, 5.74) is -0.911. The smallest absolute Gasteiger partial charge is 0.240 e. The fourth-order valence-corrected chi connectivity index (χ4v) is 4.14. The van der Waals surface area contributed by atoms with E-state index in [1.807, 2.05) is 0 Å². The number of hydrogen-bond donors (Lipinski definition) is 2. The van der Waals surface area contributed by atoms with Gasteiger partial charge >= 0.3 is 0 Å². The number of nitrogens with one attached hydrogen (secondary N) is 1. The molecule has 0 radical (unpaired) electrons. The van der Waals surface area contributed by atoms with Crippen LogP contribution in [0.1, 0.15) is 32.6 Å². The van der Waals surface area contributed by atoms with Crippen LogP contribution in [0.3, 0.4) is 0 Å². The van der Waals surface area contributed by atoms with Gasteiger partial charge in [0.1, 0.15) is 0 Å². The highest BCUT2D eigenvalue weighted by molar-refractivity contribution is 9.10. The Morgan fingerprint density at radius 1 is 1.40 bits per heavy atom. The average molecular weight is 362 g/mol. The van der Waals surface area contributed by atoms with Crippen LogP contribution in [0.2, 0.25) is 0 Å². The van der Waals surface area contributed by atoms with Crippen molar-refractivity contribution in [2.24, 2.45) is 5.92 Å². The molecule has 0 saturated heterocycles. The number of hydrogen-bond acceptors (Lipinski definition) is 3. The van der Waals surface area contributed by atoms with Crippen molar-refractivity contribution < 1.29 is 13.5 Å². The third-order valence-electron chi connectivity index (χ3n) is 3.90. The maximum atomic E-state index is 12.2. The molecule has 1 aliphatic rings. The molecule has 4 nitrogen and oxygen atoms in total. The Balaban J connectivity index is 2.03. The summed E-state index contributed by atoms with van der Waals surface area (Å²) in [7, 11) is -3.57. The zero-order valence-electron chi connectivity index (χ0n) is 11.5. The lowest BCUT2D eigenvalue weighted by Crippen LogP contribution is -2.45. The third kappa shape index (κ3) is 4.04. The molecule has 0 unspecified atom stereocenters. The molecule has 6 heteroatoms. The van der Waals surface area contributed by atoms with Gasteiger partial charge in [0.05, 0.1) is 10.5 Å². The van der Waals surface area contributed by atoms with Crippen molar-refractivity contribution in [2.75, 3.05) is 6.54 Å². The molecule has 0 spiro atoms. The van der Waals surface area contributed by atoms with E-state index in [-0.39, 0.29) is 11.4 Å². The van der Waals surface area contributed by atoms with Gasteiger partial charge in [-0.2, -0.15) is 0 Å². The third-order valence-corrected chi connectivity index (χ3v) is 5.79. The molecule has 20 heavy (non-hydrogen) atoms. The summed E-state index contributed by atoms with van der Waals surface area (Å²) in [6.07, 6.45) is 3.18. The predicted octanol–water partition coefficient (Wildman–Crippen LogP) is 2.67. The summed E-state index contributed by atoms with van der Waals surface area (Å²) in [5.74, 6) is 0.608. The number of aliphatic hydroxyl groups is 1. The van der Waals surface area contributed by atoms with E-state index in [0.717, 1.165) is 12.8 Å².